The molecule has 14 rings (SSSR count). The van der Waals surface area contributed by atoms with Gasteiger partial charge in [-0.25, -0.2) is 15.0 Å². The number of hydrogen-bond donors (Lipinski definition) is 0. The van der Waals surface area contributed by atoms with Crippen molar-refractivity contribution in [3.05, 3.63) is 206 Å². The summed E-state index contributed by atoms with van der Waals surface area (Å²) in [6.45, 7) is 0. The van der Waals surface area contributed by atoms with E-state index in [2.05, 4.69) is 211 Å². The van der Waals surface area contributed by atoms with Gasteiger partial charge in [0.05, 0.1) is 22.3 Å². The van der Waals surface area contributed by atoms with Crippen molar-refractivity contribution in [2.24, 2.45) is 0 Å². The molecule has 5 heteroatoms. The normalized spacial score (nSPS) is 12.1. The molecule has 5 nitrogen and oxygen atoms in total. The molecule has 0 atom stereocenters. The first-order chi connectivity index (χ1) is 31.7. The standard InChI is InChI=1S/C59H34N4O/c1-2-13-37-29-43(24-21-35(37)11-1)57-60-58(44-25-26-46-42(30-44)23-22-36-12-7-8-18-45(36)46)62-59(61-57)56-51(27-28-53-55(56)49-32-39-15-4-6-17-41(39)34-54(49)64-53)63-50-20-10-9-19-47(50)48-31-38-14-3-5-16-40(38)33-52(48)63/h1-34H. The van der Waals surface area contributed by atoms with Crippen molar-refractivity contribution in [2.75, 3.05) is 0 Å². The quantitative estimate of drug-likeness (QED) is 0.166. The first kappa shape index (κ1) is 35.0. The van der Waals surface area contributed by atoms with Crippen LogP contribution in [0.2, 0.25) is 0 Å². The van der Waals surface area contributed by atoms with Gasteiger partial charge in [-0.15, -0.1) is 0 Å². The van der Waals surface area contributed by atoms with Crippen LogP contribution in [0.1, 0.15) is 0 Å². The third-order valence-electron chi connectivity index (χ3n) is 13.1. The van der Waals surface area contributed by atoms with Gasteiger partial charge in [0.2, 0.25) is 0 Å². The average Bonchev–Trinajstić information content (AvgIpc) is 3.88. The second-order valence-electron chi connectivity index (χ2n) is 16.8. The average molecular weight is 815 g/mol. The van der Waals surface area contributed by atoms with Crippen LogP contribution in [-0.4, -0.2) is 19.5 Å². The number of nitrogens with zero attached hydrogens (tertiary/aromatic N) is 4. The maximum absolute atomic E-state index is 6.81. The van der Waals surface area contributed by atoms with Crippen molar-refractivity contribution in [2.45, 2.75) is 0 Å². The summed E-state index contributed by atoms with van der Waals surface area (Å²) in [5.74, 6) is 1.76. The minimum absolute atomic E-state index is 0.565. The van der Waals surface area contributed by atoms with Gasteiger partial charge in [-0.1, -0.05) is 152 Å². The number of furan rings is 1. The van der Waals surface area contributed by atoms with Crippen LogP contribution in [0.25, 0.3) is 137 Å². The number of hydrogen-bond acceptors (Lipinski definition) is 4. The van der Waals surface area contributed by atoms with Gasteiger partial charge in [-0.3, -0.25) is 0 Å². The molecule has 0 fully saturated rings. The fourth-order valence-electron chi connectivity index (χ4n) is 10.1. The molecule has 3 heterocycles. The van der Waals surface area contributed by atoms with Gasteiger partial charge in [0, 0.05) is 32.7 Å². The predicted molar refractivity (Wildman–Crippen MR) is 265 cm³/mol. The highest BCUT2D eigenvalue weighted by Crippen LogP contribution is 2.45. The van der Waals surface area contributed by atoms with Gasteiger partial charge >= 0.3 is 0 Å². The van der Waals surface area contributed by atoms with E-state index in [1.807, 2.05) is 0 Å². The lowest BCUT2D eigenvalue weighted by Gasteiger charge is -2.16. The molecule has 0 amide bonds. The van der Waals surface area contributed by atoms with E-state index in [4.69, 9.17) is 19.4 Å². The van der Waals surface area contributed by atoms with Crippen LogP contribution in [0.15, 0.2) is 211 Å². The molecule has 0 unspecified atom stereocenters. The highest BCUT2D eigenvalue weighted by molar-refractivity contribution is 6.19. The van der Waals surface area contributed by atoms with E-state index in [1.54, 1.807) is 0 Å². The lowest BCUT2D eigenvalue weighted by molar-refractivity contribution is 0.669. The van der Waals surface area contributed by atoms with Gasteiger partial charge in [-0.2, -0.15) is 0 Å². The zero-order chi connectivity index (χ0) is 41.9. The Morgan fingerprint density at radius 3 is 1.61 bits per heavy atom. The predicted octanol–water partition coefficient (Wildman–Crippen LogP) is 15.6. The van der Waals surface area contributed by atoms with E-state index >= 15 is 0 Å². The summed E-state index contributed by atoms with van der Waals surface area (Å²) in [6.07, 6.45) is 0. The molecule has 0 radical (unpaired) electrons. The number of fused-ring (bicyclic) bond motifs is 12. The Bertz CT molecular complexity index is 4270. The summed E-state index contributed by atoms with van der Waals surface area (Å²) in [6, 6.07) is 73.5. The summed E-state index contributed by atoms with van der Waals surface area (Å²) in [4.78, 5) is 16.4. The SMILES string of the molecule is c1ccc2cc(-c3nc(-c4ccc5c(ccc6ccccc65)c4)nc(-c4c(-n5c6ccccc6c6cc7ccccc7cc65)ccc5oc6cc7ccccc7cc6c45)n3)ccc2c1. The molecule has 0 N–H and O–H groups in total. The van der Waals surface area contributed by atoms with Crippen molar-refractivity contribution >= 4 is 97.6 Å². The lowest BCUT2D eigenvalue weighted by Crippen LogP contribution is -2.04. The van der Waals surface area contributed by atoms with Crippen molar-refractivity contribution in [3.8, 4) is 39.9 Å². The minimum Gasteiger partial charge on any atom is -0.456 e. The monoisotopic (exact) mass is 814 g/mol. The number of rotatable bonds is 4. The van der Waals surface area contributed by atoms with Crippen LogP contribution in [0.4, 0.5) is 0 Å². The van der Waals surface area contributed by atoms with Crippen LogP contribution >= 0.6 is 0 Å². The smallest absolute Gasteiger partial charge is 0.166 e. The molecule has 0 aliphatic carbocycles. The van der Waals surface area contributed by atoms with Crippen molar-refractivity contribution < 1.29 is 4.42 Å². The number of benzene rings is 11. The Morgan fingerprint density at radius 2 is 0.844 bits per heavy atom. The van der Waals surface area contributed by atoms with Crippen LogP contribution in [0.3, 0.4) is 0 Å². The van der Waals surface area contributed by atoms with Crippen molar-refractivity contribution in [1.82, 2.24) is 19.5 Å². The van der Waals surface area contributed by atoms with Crippen molar-refractivity contribution in [1.29, 1.82) is 0 Å². The third kappa shape index (κ3) is 5.28. The van der Waals surface area contributed by atoms with Gasteiger partial charge in [0.25, 0.3) is 0 Å². The Hall–Kier alpha value is -8.67. The Labute approximate surface area is 366 Å². The van der Waals surface area contributed by atoms with Crippen LogP contribution in [-0.2, 0) is 0 Å². The van der Waals surface area contributed by atoms with E-state index in [-0.39, 0.29) is 0 Å². The van der Waals surface area contributed by atoms with Gasteiger partial charge < -0.3 is 8.98 Å². The second kappa shape index (κ2) is 13.4. The first-order valence-corrected chi connectivity index (χ1v) is 21.7. The molecule has 0 aliphatic rings. The highest BCUT2D eigenvalue weighted by atomic mass is 16.3. The summed E-state index contributed by atoms with van der Waals surface area (Å²) in [7, 11) is 0. The molecule has 11 aromatic carbocycles. The summed E-state index contributed by atoms with van der Waals surface area (Å²) in [5, 5.41) is 16.0. The van der Waals surface area contributed by atoms with E-state index in [9.17, 15) is 0 Å². The maximum Gasteiger partial charge on any atom is 0.166 e. The summed E-state index contributed by atoms with van der Waals surface area (Å²) in [5.41, 5.74) is 7.43. The molecule has 0 spiro atoms. The van der Waals surface area contributed by atoms with Gasteiger partial charge in [-0.05, 0) is 108 Å². The molecule has 0 aliphatic heterocycles. The Morgan fingerprint density at radius 1 is 0.312 bits per heavy atom. The number of aromatic nitrogens is 4. The molecular weight excluding hydrogens is 781 g/mol. The molecule has 14 aromatic rings. The Balaban J connectivity index is 1.12. The first-order valence-electron chi connectivity index (χ1n) is 21.7. The van der Waals surface area contributed by atoms with Crippen LogP contribution in [0, 0.1) is 0 Å². The van der Waals surface area contributed by atoms with Crippen LogP contribution in [0.5, 0.6) is 0 Å². The second-order valence-corrected chi connectivity index (χ2v) is 16.8. The maximum atomic E-state index is 6.81. The molecular formula is C59H34N4O. The van der Waals surface area contributed by atoms with E-state index in [1.165, 1.54) is 37.7 Å². The fourth-order valence-corrected chi connectivity index (χ4v) is 10.1. The fraction of sp³-hybridized carbons (Fsp3) is 0. The largest absolute Gasteiger partial charge is 0.456 e. The van der Waals surface area contributed by atoms with Crippen LogP contribution < -0.4 is 0 Å². The van der Waals surface area contributed by atoms with E-state index in [0.29, 0.717) is 17.5 Å². The van der Waals surface area contributed by atoms with Gasteiger partial charge in [0.15, 0.2) is 17.5 Å². The third-order valence-corrected chi connectivity index (χ3v) is 13.1. The van der Waals surface area contributed by atoms with Gasteiger partial charge in [0.1, 0.15) is 11.2 Å². The zero-order valence-corrected chi connectivity index (χ0v) is 34.3. The topological polar surface area (TPSA) is 56.7 Å². The lowest BCUT2D eigenvalue weighted by atomic mass is 9.99. The minimum atomic E-state index is 0.565. The molecule has 0 saturated carbocycles. The molecule has 64 heavy (non-hydrogen) atoms. The Kier molecular flexibility index (Phi) is 7.33. The molecule has 296 valence electrons. The molecule has 0 bridgehead atoms. The molecule has 3 aromatic heterocycles. The van der Waals surface area contributed by atoms with E-state index in [0.717, 1.165) is 82.3 Å². The van der Waals surface area contributed by atoms with E-state index < -0.39 is 0 Å². The van der Waals surface area contributed by atoms with Crippen molar-refractivity contribution in [3.63, 3.8) is 0 Å². The summed E-state index contributed by atoms with van der Waals surface area (Å²) >= 11 is 0. The highest BCUT2D eigenvalue weighted by Gasteiger charge is 2.25. The summed E-state index contributed by atoms with van der Waals surface area (Å²) < 4.78 is 9.20. The molecule has 0 saturated heterocycles. The number of para-hydroxylation sites is 1. The zero-order valence-electron chi connectivity index (χ0n) is 34.3.